The molecule has 0 aromatic carbocycles. The van der Waals surface area contributed by atoms with Crippen LogP contribution in [0.25, 0.3) is 0 Å². The number of aromatic nitrogens is 1. The Hall–Kier alpha value is -1.85. The molecule has 6 nitrogen and oxygen atoms in total. The number of nitro groups is 1. The van der Waals surface area contributed by atoms with Gasteiger partial charge in [0.05, 0.1) is 23.7 Å². The lowest BCUT2D eigenvalue weighted by molar-refractivity contribution is -0.384. The van der Waals surface area contributed by atoms with Gasteiger partial charge in [-0.05, 0) is 12.3 Å². The van der Waals surface area contributed by atoms with E-state index in [1.165, 1.54) is 31.4 Å². The van der Waals surface area contributed by atoms with E-state index in [1.54, 1.807) is 7.05 Å². The van der Waals surface area contributed by atoms with E-state index in [0.717, 1.165) is 12.3 Å². The number of hydrogen-bond donors (Lipinski definition) is 1. The maximum atomic E-state index is 10.8. The van der Waals surface area contributed by atoms with Gasteiger partial charge in [0.1, 0.15) is 5.82 Å². The Morgan fingerprint density at radius 1 is 1.56 bits per heavy atom. The quantitative estimate of drug-likeness (QED) is 0.621. The fraction of sp³-hybridized carbons (Fsp3) is 0.583. The zero-order valence-electron chi connectivity index (χ0n) is 10.4. The van der Waals surface area contributed by atoms with Crippen molar-refractivity contribution < 1.29 is 9.66 Å². The summed E-state index contributed by atoms with van der Waals surface area (Å²) < 4.78 is 5.49. The molecule has 0 unspecified atom stereocenters. The zero-order valence-corrected chi connectivity index (χ0v) is 10.4. The van der Waals surface area contributed by atoms with Crippen molar-refractivity contribution in [3.05, 3.63) is 22.2 Å². The molecule has 1 aromatic heterocycles. The van der Waals surface area contributed by atoms with Crippen LogP contribution in [0.4, 0.5) is 11.5 Å². The molecule has 2 rings (SSSR count). The third-order valence-electron chi connectivity index (χ3n) is 3.25. The van der Waals surface area contributed by atoms with Gasteiger partial charge in [-0.25, -0.2) is 0 Å². The normalized spacial score (nSPS) is 14.9. The average molecular weight is 251 g/mol. The summed E-state index contributed by atoms with van der Waals surface area (Å²) in [5.74, 6) is 1.52. The number of anilines is 1. The lowest BCUT2D eigenvalue weighted by Crippen LogP contribution is -2.14. The minimum atomic E-state index is -0.443. The summed E-state index contributed by atoms with van der Waals surface area (Å²) in [6.45, 7) is 0.571. The van der Waals surface area contributed by atoms with Crippen molar-refractivity contribution in [2.45, 2.75) is 25.7 Å². The molecule has 1 aliphatic carbocycles. The van der Waals surface area contributed by atoms with Crippen molar-refractivity contribution >= 4 is 11.5 Å². The lowest BCUT2D eigenvalue weighted by atomic mass is 9.83. The highest BCUT2D eigenvalue weighted by molar-refractivity contribution is 5.47. The minimum absolute atomic E-state index is 0.00649. The second-order valence-electron chi connectivity index (χ2n) is 4.49. The summed E-state index contributed by atoms with van der Waals surface area (Å²) in [6.07, 6.45) is 4.85. The third-order valence-corrected chi connectivity index (χ3v) is 3.25. The van der Waals surface area contributed by atoms with Crippen molar-refractivity contribution in [1.82, 2.24) is 4.98 Å². The molecule has 1 fully saturated rings. The summed E-state index contributed by atoms with van der Waals surface area (Å²) in [7, 11) is 1.67. The van der Waals surface area contributed by atoms with E-state index in [1.807, 2.05) is 0 Å². The fourth-order valence-corrected chi connectivity index (χ4v) is 1.91. The second-order valence-corrected chi connectivity index (χ2v) is 4.49. The standard InChI is InChI=1S/C12H17N3O3/c1-13-11-7-10(15(16)17)8-12(14-11)18-6-5-9-3-2-4-9/h7-9H,2-6H2,1H3,(H,13,14). The highest BCUT2D eigenvalue weighted by atomic mass is 16.6. The maximum Gasteiger partial charge on any atom is 0.278 e. The highest BCUT2D eigenvalue weighted by Crippen LogP contribution is 2.29. The van der Waals surface area contributed by atoms with Gasteiger partial charge in [0.2, 0.25) is 5.88 Å². The number of nitrogens with one attached hydrogen (secondary N) is 1. The SMILES string of the molecule is CNc1cc([N+](=O)[O-])cc(OCCC2CCC2)n1. The molecule has 1 saturated carbocycles. The van der Waals surface area contributed by atoms with Crippen LogP contribution in [0.3, 0.4) is 0 Å². The Kier molecular flexibility index (Phi) is 3.96. The third kappa shape index (κ3) is 3.09. The molecule has 0 spiro atoms. The van der Waals surface area contributed by atoms with Gasteiger partial charge in [-0.15, -0.1) is 0 Å². The van der Waals surface area contributed by atoms with Gasteiger partial charge in [0, 0.05) is 7.05 Å². The Morgan fingerprint density at radius 2 is 2.33 bits per heavy atom. The van der Waals surface area contributed by atoms with Crippen molar-refractivity contribution in [3.63, 3.8) is 0 Å². The first-order valence-electron chi connectivity index (χ1n) is 6.16. The molecule has 1 aromatic rings. The van der Waals surface area contributed by atoms with Crippen molar-refractivity contribution in [1.29, 1.82) is 0 Å². The molecule has 0 aliphatic heterocycles. The Balaban J connectivity index is 1.96. The predicted molar refractivity (Wildman–Crippen MR) is 67.9 cm³/mol. The van der Waals surface area contributed by atoms with Gasteiger partial charge in [-0.1, -0.05) is 19.3 Å². The smallest absolute Gasteiger partial charge is 0.278 e. The molecule has 0 atom stereocenters. The van der Waals surface area contributed by atoms with E-state index in [-0.39, 0.29) is 5.69 Å². The van der Waals surface area contributed by atoms with Crippen LogP contribution in [0.1, 0.15) is 25.7 Å². The first kappa shape index (κ1) is 12.6. The van der Waals surface area contributed by atoms with Crippen molar-refractivity contribution in [3.8, 4) is 5.88 Å². The molecular formula is C12H17N3O3. The first-order valence-corrected chi connectivity index (χ1v) is 6.16. The molecule has 1 aliphatic rings. The van der Waals surface area contributed by atoms with Crippen LogP contribution in [0.5, 0.6) is 5.88 Å². The van der Waals surface area contributed by atoms with Crippen LogP contribution < -0.4 is 10.1 Å². The number of rotatable bonds is 6. The number of nitrogens with zero attached hydrogens (tertiary/aromatic N) is 2. The van der Waals surface area contributed by atoms with Gasteiger partial charge in [-0.3, -0.25) is 10.1 Å². The molecule has 0 amide bonds. The summed E-state index contributed by atoms with van der Waals surface area (Å²) in [5, 5.41) is 13.5. The van der Waals surface area contributed by atoms with Crippen LogP contribution in [0, 0.1) is 16.0 Å². The first-order chi connectivity index (χ1) is 8.69. The molecule has 6 heteroatoms. The lowest BCUT2D eigenvalue weighted by Gasteiger charge is -2.24. The topological polar surface area (TPSA) is 77.3 Å². The predicted octanol–water partition coefficient (Wildman–Crippen LogP) is 2.60. The zero-order chi connectivity index (χ0) is 13.0. The van der Waals surface area contributed by atoms with Crippen LogP contribution in [0.2, 0.25) is 0 Å². The van der Waals surface area contributed by atoms with Gasteiger partial charge >= 0.3 is 0 Å². The summed E-state index contributed by atoms with van der Waals surface area (Å²) in [4.78, 5) is 14.4. The van der Waals surface area contributed by atoms with E-state index < -0.39 is 4.92 Å². The monoisotopic (exact) mass is 251 g/mol. The Bertz CT molecular complexity index is 433. The fourth-order valence-electron chi connectivity index (χ4n) is 1.91. The second kappa shape index (κ2) is 5.66. The average Bonchev–Trinajstić information content (AvgIpc) is 2.31. The van der Waals surface area contributed by atoms with E-state index in [0.29, 0.717) is 18.3 Å². The molecule has 98 valence electrons. The van der Waals surface area contributed by atoms with E-state index in [9.17, 15) is 10.1 Å². The van der Waals surface area contributed by atoms with Gasteiger partial charge in [0.25, 0.3) is 5.69 Å². The van der Waals surface area contributed by atoms with Gasteiger partial charge < -0.3 is 10.1 Å². The van der Waals surface area contributed by atoms with Crippen molar-refractivity contribution in [2.75, 3.05) is 19.0 Å². The number of pyridine rings is 1. The minimum Gasteiger partial charge on any atom is -0.477 e. The highest BCUT2D eigenvalue weighted by Gasteiger charge is 2.17. The van der Waals surface area contributed by atoms with E-state index in [4.69, 9.17) is 4.74 Å². The van der Waals surface area contributed by atoms with Crippen LogP contribution in [0.15, 0.2) is 12.1 Å². The van der Waals surface area contributed by atoms with E-state index in [2.05, 4.69) is 10.3 Å². The molecule has 0 saturated heterocycles. The Morgan fingerprint density at radius 3 is 2.89 bits per heavy atom. The van der Waals surface area contributed by atoms with Crippen LogP contribution >= 0.6 is 0 Å². The van der Waals surface area contributed by atoms with Crippen LogP contribution in [-0.2, 0) is 0 Å². The summed E-state index contributed by atoms with van der Waals surface area (Å²) >= 11 is 0. The maximum absolute atomic E-state index is 10.8. The van der Waals surface area contributed by atoms with Gasteiger partial charge in [0.15, 0.2) is 0 Å². The summed E-state index contributed by atoms with van der Waals surface area (Å²) in [6, 6.07) is 2.75. The molecule has 1 heterocycles. The number of ether oxygens (including phenoxy) is 1. The Labute approximate surface area is 106 Å². The summed E-state index contributed by atoms with van der Waals surface area (Å²) in [5.41, 5.74) is -0.00649. The molecule has 0 radical (unpaired) electrons. The molecular weight excluding hydrogens is 234 g/mol. The largest absolute Gasteiger partial charge is 0.477 e. The number of hydrogen-bond acceptors (Lipinski definition) is 5. The van der Waals surface area contributed by atoms with Gasteiger partial charge in [-0.2, -0.15) is 4.98 Å². The van der Waals surface area contributed by atoms with Crippen molar-refractivity contribution in [2.24, 2.45) is 5.92 Å². The van der Waals surface area contributed by atoms with E-state index >= 15 is 0 Å². The molecule has 1 N–H and O–H groups in total. The van der Waals surface area contributed by atoms with Crippen LogP contribution in [-0.4, -0.2) is 23.6 Å². The molecule has 18 heavy (non-hydrogen) atoms. The molecule has 0 bridgehead atoms.